The van der Waals surface area contributed by atoms with Crippen molar-refractivity contribution in [3.63, 3.8) is 0 Å². The molecular weight excluding hydrogens is 489 g/mol. The molecule has 0 saturated heterocycles. The summed E-state index contributed by atoms with van der Waals surface area (Å²) < 4.78 is 57.5. The number of hydrogen-bond donors (Lipinski definition) is 1. The number of carbonyl (C=O) groups excluding carboxylic acids is 1. The van der Waals surface area contributed by atoms with Gasteiger partial charge in [0, 0.05) is 12.3 Å². The van der Waals surface area contributed by atoms with E-state index in [-0.39, 0.29) is 5.92 Å². The molecule has 4 unspecified atom stereocenters. The lowest BCUT2D eigenvalue weighted by atomic mass is 9.75. The van der Waals surface area contributed by atoms with Gasteiger partial charge in [-0.3, -0.25) is 9.35 Å². The van der Waals surface area contributed by atoms with E-state index in [1.807, 2.05) is 0 Å². The summed E-state index contributed by atoms with van der Waals surface area (Å²) in [4.78, 5) is 13.0. The summed E-state index contributed by atoms with van der Waals surface area (Å²) in [6.45, 7) is 0. The van der Waals surface area contributed by atoms with Crippen molar-refractivity contribution >= 4 is 15.9 Å². The van der Waals surface area contributed by atoms with Crippen LogP contribution in [0, 0.1) is 17.8 Å². The number of halogens is 3. The average Bonchev–Trinajstić information content (AvgIpc) is 3.53. The first kappa shape index (κ1) is 25.5. The van der Waals surface area contributed by atoms with Crippen molar-refractivity contribution < 1.29 is 30.9 Å². The third-order valence-corrected chi connectivity index (χ3v) is 9.27. The summed E-state index contributed by atoms with van der Waals surface area (Å²) in [7, 11) is -5.84. The van der Waals surface area contributed by atoms with E-state index in [4.69, 9.17) is 13.0 Å². The Balaban J connectivity index is 0.000000292. The van der Waals surface area contributed by atoms with E-state index in [0.717, 1.165) is 43.4 Å². The van der Waals surface area contributed by atoms with Crippen LogP contribution in [0.25, 0.3) is 11.1 Å². The quantitative estimate of drug-likeness (QED) is 0.303. The Bertz CT molecular complexity index is 1270. The number of hydrogen-bond acceptors (Lipinski definition) is 3. The molecule has 0 aliphatic heterocycles. The maximum atomic E-state index is 13.0. The number of carbonyl (C=O) groups is 1. The summed E-state index contributed by atoms with van der Waals surface area (Å²) in [5, 5.41) is 0. The molecule has 2 aromatic carbocycles. The van der Waals surface area contributed by atoms with Crippen LogP contribution in [0.4, 0.5) is 13.2 Å². The molecule has 194 valence electrons. The van der Waals surface area contributed by atoms with Crippen molar-refractivity contribution in [2.45, 2.75) is 75.6 Å². The molecule has 0 amide bonds. The summed E-state index contributed by atoms with van der Waals surface area (Å²) in [5.41, 5.74) is 3.17. The maximum Gasteiger partial charge on any atom is 0.522 e. The van der Waals surface area contributed by atoms with Gasteiger partial charge in [-0.15, -0.1) is 0 Å². The first-order chi connectivity index (χ1) is 17.0. The van der Waals surface area contributed by atoms with E-state index >= 15 is 0 Å². The van der Waals surface area contributed by atoms with Crippen LogP contribution in [0.3, 0.4) is 0 Å². The second-order valence-electron chi connectivity index (χ2n) is 10.8. The van der Waals surface area contributed by atoms with Crippen molar-refractivity contribution in [1.29, 1.82) is 0 Å². The van der Waals surface area contributed by atoms with E-state index in [1.54, 1.807) is 0 Å². The van der Waals surface area contributed by atoms with Gasteiger partial charge in [-0.1, -0.05) is 49.2 Å². The molecule has 3 fully saturated rings. The van der Waals surface area contributed by atoms with Gasteiger partial charge in [0.25, 0.3) is 0 Å². The zero-order chi connectivity index (χ0) is 25.7. The van der Waals surface area contributed by atoms with Crippen molar-refractivity contribution in [1.82, 2.24) is 0 Å². The Labute approximate surface area is 210 Å². The molecule has 4 nitrogen and oxygen atoms in total. The van der Waals surface area contributed by atoms with Gasteiger partial charge in [-0.05, 0) is 96.1 Å². The minimum Gasteiger partial charge on any atom is -0.299 e. The second kappa shape index (κ2) is 9.60. The van der Waals surface area contributed by atoms with Crippen molar-refractivity contribution in [2.75, 3.05) is 0 Å². The number of rotatable bonds is 3. The zero-order valence-corrected chi connectivity index (χ0v) is 20.9. The van der Waals surface area contributed by atoms with Crippen LogP contribution < -0.4 is 0 Å². The summed E-state index contributed by atoms with van der Waals surface area (Å²) in [6, 6.07) is 13.6. The van der Waals surface area contributed by atoms with Crippen LogP contribution in [0.2, 0.25) is 0 Å². The Morgan fingerprint density at radius 2 is 1.69 bits per heavy atom. The predicted molar refractivity (Wildman–Crippen MR) is 131 cm³/mol. The van der Waals surface area contributed by atoms with Crippen LogP contribution in [0.5, 0.6) is 0 Å². The van der Waals surface area contributed by atoms with Gasteiger partial charge in [0.05, 0.1) is 0 Å². The van der Waals surface area contributed by atoms with E-state index < -0.39 is 15.6 Å². The first-order valence-corrected chi connectivity index (χ1v) is 14.3. The largest absolute Gasteiger partial charge is 0.522 e. The third kappa shape index (κ3) is 4.86. The smallest absolute Gasteiger partial charge is 0.299 e. The van der Waals surface area contributed by atoms with E-state index in [2.05, 4.69) is 36.4 Å². The summed E-state index contributed by atoms with van der Waals surface area (Å²) in [5.74, 6) is 3.47. The highest BCUT2D eigenvalue weighted by Gasteiger charge is 2.44. The van der Waals surface area contributed by atoms with Gasteiger partial charge in [0.1, 0.15) is 5.78 Å². The molecule has 4 aliphatic carbocycles. The summed E-state index contributed by atoms with van der Waals surface area (Å²) in [6.07, 6.45) is 12.2. The predicted octanol–water partition coefficient (Wildman–Crippen LogP) is 6.86. The van der Waals surface area contributed by atoms with Crippen LogP contribution in [0.1, 0.15) is 79.5 Å². The molecule has 2 bridgehead atoms. The van der Waals surface area contributed by atoms with Gasteiger partial charge in [0.15, 0.2) is 0 Å². The molecule has 4 aliphatic rings. The number of Topliss-reactive ketones (excluding diaryl/α,β-unsaturated/α-hetero) is 1. The highest BCUT2D eigenvalue weighted by Crippen LogP contribution is 2.51. The third-order valence-electron chi connectivity index (χ3n) is 8.68. The molecule has 0 spiro atoms. The van der Waals surface area contributed by atoms with Crippen LogP contribution >= 0.6 is 0 Å². The van der Waals surface area contributed by atoms with Crippen molar-refractivity contribution in [3.05, 3.63) is 58.7 Å². The second-order valence-corrected chi connectivity index (χ2v) is 12.2. The maximum absolute atomic E-state index is 13.0. The molecule has 3 saturated carbocycles. The lowest BCUT2D eigenvalue weighted by molar-refractivity contribution is -0.121. The molecule has 0 heterocycles. The molecule has 8 heteroatoms. The monoisotopic (exact) mass is 520 g/mol. The normalized spacial score (nSPS) is 26.8. The molecule has 0 aromatic heterocycles. The minimum atomic E-state index is -5.84. The highest BCUT2D eigenvalue weighted by molar-refractivity contribution is 7.86. The van der Waals surface area contributed by atoms with Gasteiger partial charge in [-0.2, -0.15) is 21.6 Å². The van der Waals surface area contributed by atoms with Crippen LogP contribution in [0.15, 0.2) is 36.4 Å². The molecule has 1 N–H and O–H groups in total. The highest BCUT2D eigenvalue weighted by atomic mass is 32.2. The topological polar surface area (TPSA) is 71.4 Å². The minimum absolute atomic E-state index is 0.159. The van der Waals surface area contributed by atoms with Crippen molar-refractivity contribution in [2.24, 2.45) is 17.8 Å². The molecule has 2 aromatic rings. The lowest BCUT2D eigenvalue weighted by Crippen LogP contribution is -2.22. The van der Waals surface area contributed by atoms with E-state index in [9.17, 15) is 18.0 Å². The number of benzene rings is 2. The zero-order valence-electron chi connectivity index (χ0n) is 20.1. The molecular formula is C28H31F3O4S. The molecule has 0 radical (unpaired) electrons. The fourth-order valence-corrected chi connectivity index (χ4v) is 7.09. The fourth-order valence-electron chi connectivity index (χ4n) is 7.09. The Kier molecular flexibility index (Phi) is 6.79. The molecule has 4 atom stereocenters. The van der Waals surface area contributed by atoms with Crippen LogP contribution in [-0.4, -0.2) is 24.3 Å². The van der Waals surface area contributed by atoms with Gasteiger partial charge >= 0.3 is 15.6 Å². The summed E-state index contributed by atoms with van der Waals surface area (Å²) >= 11 is 0. The Morgan fingerprint density at radius 1 is 0.944 bits per heavy atom. The van der Waals surface area contributed by atoms with E-state index in [1.165, 1.54) is 71.9 Å². The number of fused-ring (bicyclic) bond motifs is 5. The van der Waals surface area contributed by atoms with E-state index in [0.29, 0.717) is 5.78 Å². The SMILES string of the molecule is O=C1CCCCC1c1c(CC2CC3CCC2C3)ccc2c1Cc1ccccc1-2.O=S(=O)(O)C(F)(F)F. The first-order valence-electron chi connectivity index (χ1n) is 12.8. The van der Waals surface area contributed by atoms with Gasteiger partial charge in [-0.25, -0.2) is 0 Å². The van der Waals surface area contributed by atoms with Gasteiger partial charge in [0.2, 0.25) is 0 Å². The molecule has 36 heavy (non-hydrogen) atoms. The lowest BCUT2D eigenvalue weighted by Gasteiger charge is -2.29. The Morgan fingerprint density at radius 3 is 2.33 bits per heavy atom. The van der Waals surface area contributed by atoms with Crippen molar-refractivity contribution in [3.8, 4) is 11.1 Å². The number of alkyl halides is 3. The number of ketones is 1. The average molecular weight is 521 g/mol. The molecule has 6 rings (SSSR count). The fraction of sp³-hybridized carbons (Fsp3) is 0.536. The van der Waals surface area contributed by atoms with Gasteiger partial charge < -0.3 is 0 Å². The van der Waals surface area contributed by atoms with Crippen LogP contribution in [-0.2, 0) is 27.8 Å². The Hall–Kier alpha value is -2.19. The standard InChI is InChI=1S/C27H30O.CHF3O3S/c28-26-8-4-3-7-24(26)27-20(15-21-14-17-9-10-18(21)13-17)11-12-23-22-6-2-1-5-19(22)16-25(23)27;2-1(3,4)8(5,6)7/h1-2,5-6,11-12,17-18,21,24H,3-4,7-10,13-16H2;(H,5,6,7).